The number of hydrogen-bond acceptors (Lipinski definition) is 2. The predicted octanol–water partition coefficient (Wildman–Crippen LogP) is 3.60. The zero-order chi connectivity index (χ0) is 13.1. The average molecular weight is 259 g/mol. The Bertz CT molecular complexity index is 552. The Kier molecular flexibility index (Phi) is 3.82. The summed E-state index contributed by atoms with van der Waals surface area (Å²) in [5.74, 6) is 0.0134. The van der Waals surface area contributed by atoms with Gasteiger partial charge in [0, 0.05) is 11.4 Å². The van der Waals surface area contributed by atoms with E-state index in [9.17, 15) is 4.79 Å². The minimum Gasteiger partial charge on any atom is -0.347 e. The van der Waals surface area contributed by atoms with E-state index in [1.807, 2.05) is 38.1 Å². The molecule has 1 aromatic carbocycles. The van der Waals surface area contributed by atoms with Gasteiger partial charge in [0.1, 0.15) is 0 Å². The minimum absolute atomic E-state index is 0.0134. The van der Waals surface area contributed by atoms with Gasteiger partial charge in [-0.1, -0.05) is 24.3 Å². The first-order valence-corrected chi connectivity index (χ1v) is 6.79. The molecule has 0 saturated heterocycles. The van der Waals surface area contributed by atoms with Crippen molar-refractivity contribution in [1.29, 1.82) is 0 Å². The highest BCUT2D eigenvalue weighted by atomic mass is 32.1. The highest BCUT2D eigenvalue weighted by Gasteiger charge is 2.10. The van der Waals surface area contributed by atoms with Crippen molar-refractivity contribution in [2.24, 2.45) is 0 Å². The summed E-state index contributed by atoms with van der Waals surface area (Å²) in [7, 11) is 0. The van der Waals surface area contributed by atoms with Crippen molar-refractivity contribution >= 4 is 17.2 Å². The Labute approximate surface area is 112 Å². The maximum absolute atomic E-state index is 12.0. The maximum Gasteiger partial charge on any atom is 0.261 e. The number of hydrogen-bond donors (Lipinski definition) is 1. The second-order valence-electron chi connectivity index (χ2n) is 4.46. The van der Waals surface area contributed by atoms with E-state index in [0.717, 1.165) is 10.4 Å². The number of rotatable bonds is 3. The second kappa shape index (κ2) is 5.36. The van der Waals surface area contributed by atoms with Crippen LogP contribution in [-0.2, 0) is 6.54 Å². The van der Waals surface area contributed by atoms with Crippen LogP contribution in [0.15, 0.2) is 30.3 Å². The highest BCUT2D eigenvalue weighted by molar-refractivity contribution is 7.14. The molecule has 0 radical (unpaired) electrons. The van der Waals surface area contributed by atoms with Crippen LogP contribution in [0.3, 0.4) is 0 Å². The van der Waals surface area contributed by atoms with Crippen molar-refractivity contribution in [3.63, 3.8) is 0 Å². The van der Waals surface area contributed by atoms with Gasteiger partial charge < -0.3 is 5.32 Å². The molecule has 0 fully saturated rings. The molecule has 2 rings (SSSR count). The standard InChI is InChI=1S/C15H17NOS/c1-10-6-4-5-7-13(10)9-16-15(17)14-8-11(2)12(3)18-14/h4-8H,9H2,1-3H3,(H,16,17). The molecule has 18 heavy (non-hydrogen) atoms. The zero-order valence-electron chi connectivity index (χ0n) is 10.9. The lowest BCUT2D eigenvalue weighted by atomic mass is 10.1. The van der Waals surface area contributed by atoms with Crippen molar-refractivity contribution in [2.45, 2.75) is 27.3 Å². The molecule has 1 amide bonds. The number of aryl methyl sites for hydroxylation is 3. The number of thiophene rings is 1. The summed E-state index contributed by atoms with van der Waals surface area (Å²) in [5.41, 5.74) is 3.55. The highest BCUT2D eigenvalue weighted by Crippen LogP contribution is 2.20. The lowest BCUT2D eigenvalue weighted by Crippen LogP contribution is -2.22. The van der Waals surface area contributed by atoms with Crippen molar-refractivity contribution in [2.75, 3.05) is 0 Å². The normalized spacial score (nSPS) is 10.4. The molecular weight excluding hydrogens is 242 g/mol. The molecule has 1 heterocycles. The van der Waals surface area contributed by atoms with Crippen LogP contribution in [0.2, 0.25) is 0 Å². The molecule has 0 saturated carbocycles. The number of carbonyl (C=O) groups excluding carboxylic acids is 1. The van der Waals surface area contributed by atoms with Crippen LogP contribution in [0.25, 0.3) is 0 Å². The smallest absolute Gasteiger partial charge is 0.261 e. The van der Waals surface area contributed by atoms with Crippen molar-refractivity contribution in [3.8, 4) is 0 Å². The first kappa shape index (κ1) is 12.8. The Hall–Kier alpha value is -1.61. The van der Waals surface area contributed by atoms with Gasteiger partial charge in [0.15, 0.2) is 0 Å². The molecule has 0 bridgehead atoms. The number of nitrogens with one attached hydrogen (secondary N) is 1. The van der Waals surface area contributed by atoms with Crippen LogP contribution in [0, 0.1) is 20.8 Å². The molecule has 0 aliphatic rings. The SMILES string of the molecule is Cc1ccccc1CNC(=O)c1cc(C)c(C)s1. The minimum atomic E-state index is 0.0134. The van der Waals surface area contributed by atoms with Gasteiger partial charge in [-0.2, -0.15) is 0 Å². The molecular formula is C15H17NOS. The quantitative estimate of drug-likeness (QED) is 0.896. The average Bonchev–Trinajstić information content (AvgIpc) is 2.68. The van der Waals surface area contributed by atoms with E-state index in [4.69, 9.17) is 0 Å². The van der Waals surface area contributed by atoms with E-state index >= 15 is 0 Å². The largest absolute Gasteiger partial charge is 0.347 e. The second-order valence-corrected chi connectivity index (χ2v) is 5.72. The third-order valence-electron chi connectivity index (χ3n) is 3.09. The molecule has 94 valence electrons. The lowest BCUT2D eigenvalue weighted by molar-refractivity contribution is 0.0955. The summed E-state index contributed by atoms with van der Waals surface area (Å²) in [6.07, 6.45) is 0. The number of carbonyl (C=O) groups is 1. The van der Waals surface area contributed by atoms with Gasteiger partial charge >= 0.3 is 0 Å². The van der Waals surface area contributed by atoms with E-state index in [1.165, 1.54) is 16.0 Å². The molecule has 1 aromatic heterocycles. The van der Waals surface area contributed by atoms with Crippen molar-refractivity contribution in [3.05, 3.63) is 56.8 Å². The molecule has 2 nitrogen and oxygen atoms in total. The van der Waals surface area contributed by atoms with Gasteiger partial charge in [-0.25, -0.2) is 0 Å². The van der Waals surface area contributed by atoms with Gasteiger partial charge in [-0.15, -0.1) is 11.3 Å². The molecule has 1 N–H and O–H groups in total. The fourth-order valence-electron chi connectivity index (χ4n) is 1.76. The first-order valence-electron chi connectivity index (χ1n) is 5.97. The monoisotopic (exact) mass is 259 g/mol. The Balaban J connectivity index is 2.03. The Morgan fingerprint density at radius 3 is 2.50 bits per heavy atom. The summed E-state index contributed by atoms with van der Waals surface area (Å²) in [5, 5.41) is 2.97. The summed E-state index contributed by atoms with van der Waals surface area (Å²) >= 11 is 1.55. The Morgan fingerprint density at radius 1 is 1.17 bits per heavy atom. The van der Waals surface area contributed by atoms with E-state index in [1.54, 1.807) is 11.3 Å². The molecule has 3 heteroatoms. The summed E-state index contributed by atoms with van der Waals surface area (Å²) < 4.78 is 0. The summed E-state index contributed by atoms with van der Waals surface area (Å²) in [6, 6.07) is 10.1. The first-order chi connectivity index (χ1) is 8.58. The third-order valence-corrected chi connectivity index (χ3v) is 4.24. The predicted molar refractivity (Wildman–Crippen MR) is 76.1 cm³/mol. The van der Waals surface area contributed by atoms with E-state index < -0.39 is 0 Å². The van der Waals surface area contributed by atoms with E-state index in [-0.39, 0.29) is 5.91 Å². The van der Waals surface area contributed by atoms with Crippen LogP contribution in [-0.4, -0.2) is 5.91 Å². The van der Waals surface area contributed by atoms with E-state index in [0.29, 0.717) is 6.54 Å². The molecule has 0 aliphatic carbocycles. The van der Waals surface area contributed by atoms with Gasteiger partial charge in [0.25, 0.3) is 5.91 Å². The number of amides is 1. The molecule has 0 atom stereocenters. The summed E-state index contributed by atoms with van der Waals surface area (Å²) in [6.45, 7) is 6.71. The summed E-state index contributed by atoms with van der Waals surface area (Å²) in [4.78, 5) is 14.0. The fourth-order valence-corrected chi connectivity index (χ4v) is 2.71. The van der Waals surface area contributed by atoms with Gasteiger partial charge in [0.2, 0.25) is 0 Å². The fraction of sp³-hybridized carbons (Fsp3) is 0.267. The van der Waals surface area contributed by atoms with Gasteiger partial charge in [-0.05, 0) is 43.5 Å². The van der Waals surface area contributed by atoms with Crippen LogP contribution >= 0.6 is 11.3 Å². The van der Waals surface area contributed by atoms with Crippen molar-refractivity contribution < 1.29 is 4.79 Å². The zero-order valence-corrected chi connectivity index (χ0v) is 11.7. The van der Waals surface area contributed by atoms with Gasteiger partial charge in [-0.3, -0.25) is 4.79 Å². The number of benzene rings is 1. The molecule has 0 unspecified atom stereocenters. The topological polar surface area (TPSA) is 29.1 Å². The van der Waals surface area contributed by atoms with Crippen LogP contribution in [0.1, 0.15) is 31.2 Å². The lowest BCUT2D eigenvalue weighted by Gasteiger charge is -2.06. The van der Waals surface area contributed by atoms with Gasteiger partial charge in [0.05, 0.1) is 4.88 Å². The Morgan fingerprint density at radius 2 is 1.89 bits per heavy atom. The maximum atomic E-state index is 12.0. The van der Waals surface area contributed by atoms with Crippen LogP contribution < -0.4 is 5.32 Å². The molecule has 2 aromatic rings. The van der Waals surface area contributed by atoms with Crippen LogP contribution in [0.5, 0.6) is 0 Å². The van der Waals surface area contributed by atoms with E-state index in [2.05, 4.69) is 18.3 Å². The third kappa shape index (κ3) is 2.79. The van der Waals surface area contributed by atoms with Crippen molar-refractivity contribution in [1.82, 2.24) is 5.32 Å². The molecule has 0 spiro atoms. The molecule has 0 aliphatic heterocycles. The van der Waals surface area contributed by atoms with Crippen LogP contribution in [0.4, 0.5) is 0 Å².